The normalized spacial score (nSPS) is 22.8. The van der Waals surface area contributed by atoms with Crippen molar-refractivity contribution in [2.75, 3.05) is 5.75 Å². The maximum Gasteiger partial charge on any atom is 0.416 e. The fourth-order valence-corrected chi connectivity index (χ4v) is 4.02. The first-order valence-electron chi connectivity index (χ1n) is 7.95. The van der Waals surface area contributed by atoms with E-state index in [1.165, 1.54) is 30.8 Å². The summed E-state index contributed by atoms with van der Waals surface area (Å²) >= 11 is 1.39. The van der Waals surface area contributed by atoms with Crippen LogP contribution in [0.1, 0.15) is 32.3 Å². The van der Waals surface area contributed by atoms with Gasteiger partial charge in [0.05, 0.1) is 5.56 Å². The van der Waals surface area contributed by atoms with Crippen LogP contribution >= 0.6 is 11.8 Å². The fourth-order valence-electron chi connectivity index (χ4n) is 2.96. The van der Waals surface area contributed by atoms with Gasteiger partial charge in [0.15, 0.2) is 11.6 Å². The summed E-state index contributed by atoms with van der Waals surface area (Å²) in [5.74, 6) is -1.65. The largest absolute Gasteiger partial charge is 0.416 e. The average Bonchev–Trinajstić information content (AvgIpc) is 2.51. The lowest BCUT2D eigenvalue weighted by Crippen LogP contribution is -2.39. The van der Waals surface area contributed by atoms with Gasteiger partial charge in [-0.15, -0.1) is 11.8 Å². The molecular weight excluding hydrogens is 353 g/mol. The smallest absolute Gasteiger partial charge is 0.299 e. The van der Waals surface area contributed by atoms with Gasteiger partial charge in [-0.2, -0.15) is 13.2 Å². The van der Waals surface area contributed by atoms with Gasteiger partial charge in [0, 0.05) is 23.5 Å². The zero-order chi connectivity index (χ0) is 18.8. The molecule has 0 aromatic heterocycles. The van der Waals surface area contributed by atoms with Crippen LogP contribution in [0.25, 0.3) is 0 Å². The number of rotatable bonds is 5. The van der Waals surface area contributed by atoms with Gasteiger partial charge in [0.25, 0.3) is 0 Å². The number of thioether (sulfide) groups is 1. The second-order valence-electron chi connectivity index (χ2n) is 6.46. The van der Waals surface area contributed by atoms with Gasteiger partial charge in [-0.3, -0.25) is 14.4 Å². The zero-order valence-corrected chi connectivity index (χ0v) is 14.7. The first-order valence-corrected chi connectivity index (χ1v) is 8.94. The lowest BCUT2D eigenvalue weighted by Gasteiger charge is -2.29. The quantitative estimate of drug-likeness (QED) is 0.575. The SMILES string of the molecule is CC(=O)C1C(=O)CC(C(C)CSc2ccc(C(F)(F)F)cc2)CC1=O. The summed E-state index contributed by atoms with van der Waals surface area (Å²) in [7, 11) is 0. The third-order valence-corrected chi connectivity index (χ3v) is 5.77. The summed E-state index contributed by atoms with van der Waals surface area (Å²) in [6.07, 6.45) is -3.96. The van der Waals surface area contributed by atoms with E-state index in [1.54, 1.807) is 0 Å². The van der Waals surface area contributed by atoms with E-state index in [2.05, 4.69) is 0 Å². The third-order valence-electron chi connectivity index (χ3n) is 4.48. The molecule has 1 saturated carbocycles. The second kappa shape index (κ2) is 7.72. The van der Waals surface area contributed by atoms with E-state index in [4.69, 9.17) is 0 Å². The minimum absolute atomic E-state index is 0.0353. The van der Waals surface area contributed by atoms with Crippen LogP contribution in [0.4, 0.5) is 13.2 Å². The minimum atomic E-state index is -4.35. The lowest BCUT2D eigenvalue weighted by molar-refractivity contribution is -0.143. The molecule has 7 heteroatoms. The number of benzene rings is 1. The van der Waals surface area contributed by atoms with Gasteiger partial charge >= 0.3 is 6.18 Å². The van der Waals surface area contributed by atoms with E-state index >= 15 is 0 Å². The zero-order valence-electron chi connectivity index (χ0n) is 13.9. The first-order chi connectivity index (χ1) is 11.6. The minimum Gasteiger partial charge on any atom is -0.299 e. The molecule has 0 aliphatic heterocycles. The Kier molecular flexibility index (Phi) is 6.08. The van der Waals surface area contributed by atoms with Gasteiger partial charge in [-0.1, -0.05) is 6.92 Å². The highest BCUT2D eigenvalue weighted by Gasteiger charge is 2.39. The molecular formula is C18H19F3O3S. The monoisotopic (exact) mass is 372 g/mol. The topological polar surface area (TPSA) is 51.2 Å². The standard InChI is InChI=1S/C18H19F3O3S/c1-10(12-7-15(23)17(11(2)22)16(24)8-12)9-25-14-5-3-13(4-6-14)18(19,20)21/h3-6,10,12,17H,7-9H2,1-2H3. The molecule has 0 radical (unpaired) electrons. The van der Waals surface area contributed by atoms with Gasteiger partial charge < -0.3 is 0 Å². The van der Waals surface area contributed by atoms with Gasteiger partial charge in [-0.25, -0.2) is 0 Å². The number of Topliss-reactive ketones (excluding diaryl/α,β-unsaturated/α-hetero) is 3. The molecule has 0 bridgehead atoms. The molecule has 1 aliphatic carbocycles. The highest BCUT2D eigenvalue weighted by molar-refractivity contribution is 7.99. The van der Waals surface area contributed by atoms with Crippen molar-refractivity contribution < 1.29 is 27.6 Å². The molecule has 0 N–H and O–H groups in total. The van der Waals surface area contributed by atoms with Crippen LogP contribution < -0.4 is 0 Å². The molecule has 2 rings (SSSR count). The first kappa shape index (κ1) is 19.7. The molecule has 1 aromatic carbocycles. The third kappa shape index (κ3) is 4.93. The van der Waals surface area contributed by atoms with Gasteiger partial charge in [-0.05, 0) is 43.0 Å². The van der Waals surface area contributed by atoms with E-state index in [9.17, 15) is 27.6 Å². The van der Waals surface area contributed by atoms with Gasteiger partial charge in [0.2, 0.25) is 0 Å². The van der Waals surface area contributed by atoms with Crippen LogP contribution in [-0.2, 0) is 20.6 Å². The number of halogens is 3. The Morgan fingerprint density at radius 2 is 1.68 bits per heavy atom. The molecule has 136 valence electrons. The van der Waals surface area contributed by atoms with E-state index in [0.29, 0.717) is 10.6 Å². The number of hydrogen-bond acceptors (Lipinski definition) is 4. The average molecular weight is 372 g/mol. The Morgan fingerprint density at radius 1 is 1.16 bits per heavy atom. The summed E-state index contributed by atoms with van der Waals surface area (Å²) in [5, 5.41) is 0. The maximum atomic E-state index is 12.5. The highest BCUT2D eigenvalue weighted by atomic mass is 32.2. The predicted octanol–water partition coefficient (Wildman–Crippen LogP) is 4.19. The van der Waals surface area contributed by atoms with Crippen molar-refractivity contribution in [2.45, 2.75) is 37.8 Å². The molecule has 1 unspecified atom stereocenters. The highest BCUT2D eigenvalue weighted by Crippen LogP contribution is 2.34. The van der Waals surface area contributed by atoms with E-state index < -0.39 is 23.4 Å². The van der Waals surface area contributed by atoms with Crippen molar-refractivity contribution >= 4 is 29.1 Å². The Labute approximate surface area is 148 Å². The maximum absolute atomic E-state index is 12.5. The summed E-state index contributed by atoms with van der Waals surface area (Å²) in [4.78, 5) is 36.1. The van der Waals surface area contributed by atoms with Crippen molar-refractivity contribution in [2.24, 2.45) is 17.8 Å². The molecule has 1 atom stereocenters. The Hall–Kier alpha value is -1.63. The Morgan fingerprint density at radius 3 is 2.12 bits per heavy atom. The molecule has 1 aromatic rings. The summed E-state index contributed by atoms with van der Waals surface area (Å²) in [5.41, 5.74) is -0.691. The van der Waals surface area contributed by atoms with Crippen LogP contribution in [0, 0.1) is 17.8 Å². The molecule has 1 aliphatic rings. The molecule has 0 spiro atoms. The van der Waals surface area contributed by atoms with Crippen LogP contribution in [0.5, 0.6) is 0 Å². The van der Waals surface area contributed by atoms with E-state index in [-0.39, 0.29) is 36.2 Å². The van der Waals surface area contributed by atoms with Crippen molar-refractivity contribution in [1.29, 1.82) is 0 Å². The molecule has 3 nitrogen and oxygen atoms in total. The van der Waals surface area contributed by atoms with E-state index in [1.807, 2.05) is 6.92 Å². The Balaban J connectivity index is 1.92. The van der Waals surface area contributed by atoms with Crippen molar-refractivity contribution in [1.82, 2.24) is 0 Å². The summed E-state index contributed by atoms with van der Waals surface area (Å²) in [6, 6.07) is 4.92. The van der Waals surface area contributed by atoms with Crippen LogP contribution in [0.15, 0.2) is 29.2 Å². The molecule has 1 fully saturated rings. The van der Waals surface area contributed by atoms with Crippen LogP contribution in [0.3, 0.4) is 0 Å². The van der Waals surface area contributed by atoms with Crippen LogP contribution in [0.2, 0.25) is 0 Å². The summed E-state index contributed by atoms with van der Waals surface area (Å²) < 4.78 is 37.6. The lowest BCUT2D eigenvalue weighted by atomic mass is 9.74. The van der Waals surface area contributed by atoms with Crippen molar-refractivity contribution in [3.8, 4) is 0 Å². The molecule has 0 heterocycles. The molecule has 25 heavy (non-hydrogen) atoms. The van der Waals surface area contributed by atoms with E-state index in [0.717, 1.165) is 12.1 Å². The molecule has 0 saturated heterocycles. The predicted molar refractivity (Wildman–Crippen MR) is 88.2 cm³/mol. The van der Waals surface area contributed by atoms with Crippen LogP contribution in [-0.4, -0.2) is 23.1 Å². The number of alkyl halides is 3. The van der Waals surface area contributed by atoms with Gasteiger partial charge in [0.1, 0.15) is 11.7 Å². The number of carbonyl (C=O) groups is 3. The number of ketones is 3. The van der Waals surface area contributed by atoms with Crippen molar-refractivity contribution in [3.63, 3.8) is 0 Å². The molecule has 0 amide bonds. The fraction of sp³-hybridized carbons (Fsp3) is 0.500. The number of carbonyl (C=O) groups excluding carboxylic acids is 3. The summed E-state index contributed by atoms with van der Waals surface area (Å²) in [6.45, 7) is 3.17. The number of hydrogen-bond donors (Lipinski definition) is 0. The van der Waals surface area contributed by atoms with Crippen molar-refractivity contribution in [3.05, 3.63) is 29.8 Å². The Bertz CT molecular complexity index is 649. The second-order valence-corrected chi connectivity index (χ2v) is 7.55.